The predicted molar refractivity (Wildman–Crippen MR) is 84.6 cm³/mol. The van der Waals surface area contributed by atoms with E-state index in [1.807, 2.05) is 0 Å². The lowest BCUT2D eigenvalue weighted by Gasteiger charge is -2.26. The molecule has 0 spiro atoms. The van der Waals surface area contributed by atoms with Crippen LogP contribution < -0.4 is 21.1 Å². The van der Waals surface area contributed by atoms with Crippen LogP contribution in [-0.2, 0) is 4.79 Å². The van der Waals surface area contributed by atoms with Crippen molar-refractivity contribution in [1.82, 2.24) is 5.32 Å². The molecule has 126 valence electrons. The maximum absolute atomic E-state index is 12.1. The van der Waals surface area contributed by atoms with E-state index in [1.165, 1.54) is 13.2 Å². The van der Waals surface area contributed by atoms with Crippen LogP contribution in [0, 0.1) is 0 Å². The number of nitrogens with one attached hydrogen (secondary N) is 2. The van der Waals surface area contributed by atoms with Gasteiger partial charge >= 0.3 is 12.0 Å². The van der Waals surface area contributed by atoms with Crippen LogP contribution in [0.1, 0.15) is 37.0 Å². The number of carbonyl (C=O) groups excluding carboxylic acids is 2. The number of rotatable bonds is 7. The van der Waals surface area contributed by atoms with Crippen molar-refractivity contribution in [3.8, 4) is 5.75 Å². The number of ether oxygens (including phenoxy) is 1. The van der Waals surface area contributed by atoms with E-state index in [0.717, 1.165) is 0 Å². The maximum atomic E-state index is 12.1. The quantitative estimate of drug-likeness (QED) is 0.605. The highest BCUT2D eigenvalue weighted by Crippen LogP contribution is 2.28. The zero-order chi connectivity index (χ0) is 17.6. The standard InChI is InChI=1S/C15H21N3O5/c1-15(2,8-7-11(19)20)18-14(22)17-10-6-4-5-9(13(16)21)12(10)23-3/h4-6H,7-8H2,1-3H3,(H2,16,21)(H,19,20)(H2,17,18,22). The molecule has 3 amide bonds. The number of carboxylic acids is 1. The van der Waals surface area contributed by atoms with Crippen LogP contribution in [0.5, 0.6) is 5.75 Å². The molecule has 8 nitrogen and oxygen atoms in total. The van der Waals surface area contributed by atoms with Crippen molar-refractivity contribution in [3.05, 3.63) is 23.8 Å². The number of carbonyl (C=O) groups is 3. The molecular formula is C15H21N3O5. The Labute approximate surface area is 134 Å². The lowest BCUT2D eigenvalue weighted by molar-refractivity contribution is -0.137. The number of nitrogens with two attached hydrogens (primary N) is 1. The Morgan fingerprint density at radius 3 is 2.48 bits per heavy atom. The Balaban J connectivity index is 2.83. The molecule has 8 heteroatoms. The number of hydrogen-bond acceptors (Lipinski definition) is 4. The molecule has 0 unspecified atom stereocenters. The zero-order valence-corrected chi connectivity index (χ0v) is 13.3. The van der Waals surface area contributed by atoms with Gasteiger partial charge in [0.1, 0.15) is 0 Å². The number of amides is 3. The van der Waals surface area contributed by atoms with E-state index in [1.54, 1.807) is 26.0 Å². The third-order valence-corrected chi connectivity index (χ3v) is 3.15. The van der Waals surface area contributed by atoms with Crippen molar-refractivity contribution in [2.45, 2.75) is 32.2 Å². The lowest BCUT2D eigenvalue weighted by atomic mass is 9.99. The van der Waals surface area contributed by atoms with Crippen LogP contribution >= 0.6 is 0 Å². The average Bonchev–Trinajstić information content (AvgIpc) is 2.44. The average molecular weight is 323 g/mol. The van der Waals surface area contributed by atoms with E-state index >= 15 is 0 Å². The Hall–Kier alpha value is -2.77. The number of urea groups is 1. The smallest absolute Gasteiger partial charge is 0.319 e. The molecule has 5 N–H and O–H groups in total. The van der Waals surface area contributed by atoms with Gasteiger partial charge in [-0.05, 0) is 32.4 Å². The van der Waals surface area contributed by atoms with Crippen LogP contribution in [0.3, 0.4) is 0 Å². The molecule has 0 aliphatic rings. The fourth-order valence-electron chi connectivity index (χ4n) is 1.99. The van der Waals surface area contributed by atoms with Gasteiger partial charge in [0.05, 0.1) is 18.4 Å². The minimum absolute atomic E-state index is 0.0617. The number of hydrogen-bond donors (Lipinski definition) is 4. The van der Waals surface area contributed by atoms with Gasteiger partial charge in [-0.15, -0.1) is 0 Å². The van der Waals surface area contributed by atoms with Crippen molar-refractivity contribution < 1.29 is 24.2 Å². The van der Waals surface area contributed by atoms with Crippen LogP contribution in [0.4, 0.5) is 10.5 Å². The Kier molecular flexibility index (Phi) is 5.94. The first-order valence-electron chi connectivity index (χ1n) is 6.94. The van der Waals surface area contributed by atoms with Crippen molar-refractivity contribution in [2.24, 2.45) is 5.73 Å². The number of benzene rings is 1. The number of para-hydroxylation sites is 1. The van der Waals surface area contributed by atoms with Gasteiger partial charge in [-0.3, -0.25) is 9.59 Å². The Bertz CT molecular complexity index is 613. The molecule has 0 aliphatic heterocycles. The first kappa shape index (κ1) is 18.3. The normalized spacial score (nSPS) is 10.7. The van der Waals surface area contributed by atoms with Gasteiger partial charge in [0, 0.05) is 12.0 Å². The summed E-state index contributed by atoms with van der Waals surface area (Å²) in [7, 11) is 1.36. The number of methoxy groups -OCH3 is 1. The third-order valence-electron chi connectivity index (χ3n) is 3.15. The fraction of sp³-hybridized carbons (Fsp3) is 0.400. The Morgan fingerprint density at radius 2 is 1.96 bits per heavy atom. The van der Waals surface area contributed by atoms with E-state index < -0.39 is 23.4 Å². The lowest BCUT2D eigenvalue weighted by Crippen LogP contribution is -2.45. The summed E-state index contributed by atoms with van der Waals surface area (Å²) >= 11 is 0. The molecule has 0 bridgehead atoms. The van der Waals surface area contributed by atoms with Crippen molar-refractivity contribution in [1.29, 1.82) is 0 Å². The summed E-state index contributed by atoms with van der Waals surface area (Å²) in [4.78, 5) is 34.1. The van der Waals surface area contributed by atoms with E-state index in [0.29, 0.717) is 0 Å². The van der Waals surface area contributed by atoms with Crippen LogP contribution in [0.2, 0.25) is 0 Å². The molecule has 0 aromatic heterocycles. The molecule has 23 heavy (non-hydrogen) atoms. The molecule has 0 saturated heterocycles. The predicted octanol–water partition coefficient (Wildman–Crippen LogP) is 1.56. The van der Waals surface area contributed by atoms with Crippen LogP contribution in [0.25, 0.3) is 0 Å². The topological polar surface area (TPSA) is 131 Å². The van der Waals surface area contributed by atoms with Crippen LogP contribution in [-0.4, -0.2) is 35.7 Å². The van der Waals surface area contributed by atoms with Gasteiger partial charge in [-0.2, -0.15) is 0 Å². The molecule has 0 atom stereocenters. The number of anilines is 1. The van der Waals surface area contributed by atoms with E-state index in [-0.39, 0.29) is 29.8 Å². The molecule has 1 aromatic rings. The largest absolute Gasteiger partial charge is 0.494 e. The first-order valence-corrected chi connectivity index (χ1v) is 6.94. The minimum atomic E-state index is -0.934. The molecule has 1 rings (SSSR count). The summed E-state index contributed by atoms with van der Waals surface area (Å²) in [5, 5.41) is 14.0. The summed E-state index contributed by atoms with van der Waals surface area (Å²) in [6.07, 6.45) is 0.210. The monoisotopic (exact) mass is 323 g/mol. The number of carboxylic acid groups (broad SMARTS) is 1. The van der Waals surface area contributed by atoms with Gasteiger partial charge in [-0.25, -0.2) is 4.79 Å². The highest BCUT2D eigenvalue weighted by atomic mass is 16.5. The number of primary amides is 1. The molecule has 0 heterocycles. The maximum Gasteiger partial charge on any atom is 0.319 e. The second-order valence-electron chi connectivity index (χ2n) is 5.61. The molecule has 0 fully saturated rings. The van der Waals surface area contributed by atoms with Gasteiger partial charge in [-0.1, -0.05) is 6.07 Å². The summed E-state index contributed by atoms with van der Waals surface area (Å²) in [5.41, 5.74) is 4.98. The van der Waals surface area contributed by atoms with Gasteiger partial charge < -0.3 is 26.2 Å². The molecule has 0 radical (unpaired) electrons. The zero-order valence-electron chi connectivity index (χ0n) is 13.3. The SMILES string of the molecule is COc1c(NC(=O)NC(C)(C)CCC(=O)O)cccc1C(N)=O. The van der Waals surface area contributed by atoms with Crippen molar-refractivity contribution >= 4 is 23.6 Å². The highest BCUT2D eigenvalue weighted by Gasteiger charge is 2.22. The fourth-order valence-corrected chi connectivity index (χ4v) is 1.99. The van der Waals surface area contributed by atoms with E-state index in [4.69, 9.17) is 15.6 Å². The van der Waals surface area contributed by atoms with E-state index in [9.17, 15) is 14.4 Å². The highest BCUT2D eigenvalue weighted by molar-refractivity contribution is 6.00. The second kappa shape index (κ2) is 7.48. The van der Waals surface area contributed by atoms with Crippen molar-refractivity contribution in [2.75, 3.05) is 12.4 Å². The molecule has 0 aliphatic carbocycles. The summed E-state index contributed by atoms with van der Waals surface area (Å²) < 4.78 is 5.13. The minimum Gasteiger partial charge on any atom is -0.494 e. The van der Waals surface area contributed by atoms with Gasteiger partial charge in [0.25, 0.3) is 5.91 Å². The number of aliphatic carboxylic acids is 1. The summed E-state index contributed by atoms with van der Waals surface area (Å²) in [5.74, 6) is -1.44. The molecule has 1 aromatic carbocycles. The molecular weight excluding hydrogens is 302 g/mol. The third kappa shape index (κ3) is 5.50. The van der Waals surface area contributed by atoms with Gasteiger partial charge in [0.2, 0.25) is 0 Å². The first-order chi connectivity index (χ1) is 10.7. The second-order valence-corrected chi connectivity index (χ2v) is 5.61. The summed E-state index contributed by atoms with van der Waals surface area (Å²) in [6.45, 7) is 3.43. The van der Waals surface area contributed by atoms with Crippen LogP contribution in [0.15, 0.2) is 18.2 Å². The molecule has 0 saturated carbocycles. The van der Waals surface area contributed by atoms with Crippen molar-refractivity contribution in [3.63, 3.8) is 0 Å². The Morgan fingerprint density at radius 1 is 1.30 bits per heavy atom. The van der Waals surface area contributed by atoms with Gasteiger partial charge in [0.15, 0.2) is 5.75 Å². The summed E-state index contributed by atoms with van der Waals surface area (Å²) in [6, 6.07) is 4.07. The van der Waals surface area contributed by atoms with E-state index in [2.05, 4.69) is 10.6 Å².